The van der Waals surface area contributed by atoms with E-state index >= 15 is 0 Å². The molecule has 0 aromatic heterocycles. The van der Waals surface area contributed by atoms with Crippen molar-refractivity contribution in [3.05, 3.63) is 0 Å². The topological polar surface area (TPSA) is 12.4 Å². The molecule has 0 aliphatic carbocycles. The van der Waals surface area contributed by atoms with Crippen LogP contribution in [-0.4, -0.2) is 12.8 Å². The van der Waals surface area contributed by atoms with Crippen molar-refractivity contribution in [3.63, 3.8) is 0 Å². The first-order chi connectivity index (χ1) is 4.57. The van der Waals surface area contributed by atoms with Crippen LogP contribution in [0.2, 0.25) is 0 Å². The van der Waals surface area contributed by atoms with Crippen LogP contribution in [0.3, 0.4) is 0 Å². The Balaban J connectivity index is 3.73. The Labute approximate surface area is 64.6 Å². The number of rotatable bonds is 3. The van der Waals surface area contributed by atoms with Crippen molar-refractivity contribution in [2.24, 2.45) is 16.8 Å². The van der Waals surface area contributed by atoms with Gasteiger partial charge in [0.05, 0.1) is 0 Å². The predicted molar refractivity (Wildman–Crippen MR) is 47.7 cm³/mol. The van der Waals surface area contributed by atoms with Gasteiger partial charge in [0.25, 0.3) is 0 Å². The van der Waals surface area contributed by atoms with Crippen molar-refractivity contribution in [2.45, 2.75) is 34.1 Å². The van der Waals surface area contributed by atoms with E-state index in [0.29, 0.717) is 5.92 Å². The van der Waals surface area contributed by atoms with E-state index in [0.717, 1.165) is 5.92 Å². The summed E-state index contributed by atoms with van der Waals surface area (Å²) in [5.74, 6) is 1.44. The summed E-state index contributed by atoms with van der Waals surface area (Å²) in [4.78, 5) is 4.16. The van der Waals surface area contributed by atoms with E-state index in [1.165, 1.54) is 12.1 Å². The van der Waals surface area contributed by atoms with E-state index in [4.69, 9.17) is 0 Å². The van der Waals surface area contributed by atoms with Crippen molar-refractivity contribution in [3.8, 4) is 0 Å². The molecule has 0 saturated carbocycles. The standard InChI is InChI=1S/C9H19N/c1-7(2)6-8(3)9(4)10-5/h7-8H,6H2,1-5H3/t8-/m0/s1. The fourth-order valence-corrected chi connectivity index (χ4v) is 1.10. The maximum Gasteiger partial charge on any atom is 0.0276 e. The van der Waals surface area contributed by atoms with Gasteiger partial charge in [-0.15, -0.1) is 0 Å². The normalized spacial score (nSPS) is 16.0. The Kier molecular flexibility index (Phi) is 4.33. The molecule has 0 aromatic rings. The molecular weight excluding hydrogens is 122 g/mol. The maximum atomic E-state index is 4.16. The zero-order chi connectivity index (χ0) is 8.15. The van der Waals surface area contributed by atoms with Crippen molar-refractivity contribution in [2.75, 3.05) is 7.05 Å². The molecule has 0 aliphatic heterocycles. The molecule has 0 unspecified atom stereocenters. The molecule has 10 heavy (non-hydrogen) atoms. The van der Waals surface area contributed by atoms with Gasteiger partial charge in [0, 0.05) is 12.8 Å². The van der Waals surface area contributed by atoms with Crippen molar-refractivity contribution in [1.82, 2.24) is 0 Å². The van der Waals surface area contributed by atoms with Gasteiger partial charge in [0.2, 0.25) is 0 Å². The van der Waals surface area contributed by atoms with Crippen LogP contribution < -0.4 is 0 Å². The first-order valence-electron chi connectivity index (χ1n) is 4.01. The molecule has 1 atom stereocenters. The minimum absolute atomic E-state index is 0.657. The summed E-state index contributed by atoms with van der Waals surface area (Å²) in [6.45, 7) is 8.84. The maximum absolute atomic E-state index is 4.16. The monoisotopic (exact) mass is 141 g/mol. The van der Waals surface area contributed by atoms with Crippen LogP contribution >= 0.6 is 0 Å². The third-order valence-electron chi connectivity index (χ3n) is 1.89. The van der Waals surface area contributed by atoms with Crippen molar-refractivity contribution >= 4 is 5.71 Å². The van der Waals surface area contributed by atoms with Gasteiger partial charge >= 0.3 is 0 Å². The van der Waals surface area contributed by atoms with Crippen LogP contribution in [0.15, 0.2) is 4.99 Å². The minimum atomic E-state index is 0.657. The highest BCUT2D eigenvalue weighted by molar-refractivity contribution is 5.83. The fourth-order valence-electron chi connectivity index (χ4n) is 1.10. The molecule has 0 amide bonds. The van der Waals surface area contributed by atoms with Gasteiger partial charge in [-0.3, -0.25) is 4.99 Å². The minimum Gasteiger partial charge on any atom is -0.297 e. The molecule has 1 heteroatoms. The fraction of sp³-hybridized carbons (Fsp3) is 0.889. The van der Waals surface area contributed by atoms with E-state index in [9.17, 15) is 0 Å². The Morgan fingerprint density at radius 1 is 1.30 bits per heavy atom. The second-order valence-corrected chi connectivity index (χ2v) is 3.40. The summed E-state index contributed by atoms with van der Waals surface area (Å²) in [5, 5.41) is 0. The molecule has 60 valence electrons. The first kappa shape index (κ1) is 9.67. The SMILES string of the molecule is CN=C(C)[C@@H](C)CC(C)C. The lowest BCUT2D eigenvalue weighted by molar-refractivity contribution is 0.520. The molecule has 0 N–H and O–H groups in total. The highest BCUT2D eigenvalue weighted by atomic mass is 14.7. The highest BCUT2D eigenvalue weighted by Crippen LogP contribution is 2.11. The summed E-state index contributed by atoms with van der Waals surface area (Å²) < 4.78 is 0. The smallest absolute Gasteiger partial charge is 0.0276 e. The van der Waals surface area contributed by atoms with Crippen molar-refractivity contribution in [1.29, 1.82) is 0 Å². The number of hydrogen-bond donors (Lipinski definition) is 0. The van der Waals surface area contributed by atoms with Crippen LogP contribution in [0.1, 0.15) is 34.1 Å². The molecule has 0 saturated heterocycles. The summed E-state index contributed by atoms with van der Waals surface area (Å²) >= 11 is 0. The molecule has 0 radical (unpaired) electrons. The van der Waals surface area contributed by atoms with Crippen LogP contribution in [0.4, 0.5) is 0 Å². The molecule has 0 fully saturated rings. The van der Waals surface area contributed by atoms with Gasteiger partial charge in [-0.2, -0.15) is 0 Å². The van der Waals surface area contributed by atoms with Gasteiger partial charge in [-0.1, -0.05) is 20.8 Å². The van der Waals surface area contributed by atoms with E-state index < -0.39 is 0 Å². The highest BCUT2D eigenvalue weighted by Gasteiger charge is 2.06. The van der Waals surface area contributed by atoms with E-state index in [1.807, 2.05) is 7.05 Å². The second kappa shape index (κ2) is 4.48. The summed E-state index contributed by atoms with van der Waals surface area (Å²) in [7, 11) is 1.87. The quantitative estimate of drug-likeness (QED) is 0.536. The lowest BCUT2D eigenvalue weighted by Crippen LogP contribution is -2.09. The van der Waals surface area contributed by atoms with Crippen LogP contribution in [0.25, 0.3) is 0 Å². The van der Waals surface area contributed by atoms with E-state index in [-0.39, 0.29) is 0 Å². The zero-order valence-corrected chi connectivity index (χ0v) is 7.81. The van der Waals surface area contributed by atoms with Gasteiger partial charge in [-0.25, -0.2) is 0 Å². The number of aliphatic imine (C=N–C) groups is 1. The van der Waals surface area contributed by atoms with Crippen LogP contribution in [0, 0.1) is 11.8 Å². The van der Waals surface area contributed by atoms with E-state index in [1.54, 1.807) is 0 Å². The number of hydrogen-bond acceptors (Lipinski definition) is 1. The Hall–Kier alpha value is -0.330. The third kappa shape index (κ3) is 3.65. The molecule has 0 heterocycles. The van der Waals surface area contributed by atoms with E-state index in [2.05, 4.69) is 32.7 Å². The van der Waals surface area contributed by atoms with Gasteiger partial charge < -0.3 is 0 Å². The summed E-state index contributed by atoms with van der Waals surface area (Å²) in [6.07, 6.45) is 1.25. The van der Waals surface area contributed by atoms with Gasteiger partial charge in [0.1, 0.15) is 0 Å². The Bertz CT molecular complexity index is 114. The molecule has 0 aromatic carbocycles. The summed E-state index contributed by atoms with van der Waals surface area (Å²) in [5.41, 5.74) is 1.27. The molecule has 1 nitrogen and oxygen atoms in total. The average molecular weight is 141 g/mol. The van der Waals surface area contributed by atoms with Crippen LogP contribution in [-0.2, 0) is 0 Å². The zero-order valence-electron chi connectivity index (χ0n) is 7.81. The molecule has 0 spiro atoms. The Morgan fingerprint density at radius 3 is 2.10 bits per heavy atom. The lowest BCUT2D eigenvalue weighted by Gasteiger charge is -2.12. The molecule has 0 bridgehead atoms. The average Bonchev–Trinajstić information content (AvgIpc) is 1.85. The molecule has 0 aliphatic rings. The lowest BCUT2D eigenvalue weighted by atomic mass is 9.95. The predicted octanol–water partition coefficient (Wildman–Crippen LogP) is 2.76. The van der Waals surface area contributed by atoms with Gasteiger partial charge in [0.15, 0.2) is 0 Å². The third-order valence-corrected chi connectivity index (χ3v) is 1.89. The number of nitrogens with zero attached hydrogens (tertiary/aromatic N) is 1. The summed E-state index contributed by atoms with van der Waals surface area (Å²) in [6, 6.07) is 0. The molecule has 0 rings (SSSR count). The second-order valence-electron chi connectivity index (χ2n) is 3.40. The Morgan fingerprint density at radius 2 is 1.80 bits per heavy atom. The van der Waals surface area contributed by atoms with Crippen molar-refractivity contribution < 1.29 is 0 Å². The van der Waals surface area contributed by atoms with Gasteiger partial charge in [-0.05, 0) is 25.2 Å². The largest absolute Gasteiger partial charge is 0.297 e. The molecular formula is C9H19N. The van der Waals surface area contributed by atoms with Crippen LogP contribution in [0.5, 0.6) is 0 Å². The first-order valence-corrected chi connectivity index (χ1v) is 4.01.